The number of nitrogens with one attached hydrogen (secondary N) is 7. The molecule has 0 aliphatic carbocycles. The molecule has 5 rings (SSSR count). The molecule has 11 amide bonds. The van der Waals surface area contributed by atoms with Crippen LogP contribution in [0.4, 0.5) is 0 Å². The van der Waals surface area contributed by atoms with Crippen LogP contribution in [0.3, 0.4) is 0 Å². The highest BCUT2D eigenvalue weighted by Crippen LogP contribution is 2.26. The van der Waals surface area contributed by atoms with E-state index in [9.17, 15) is 110 Å². The summed E-state index contributed by atoms with van der Waals surface area (Å²) in [7, 11) is -5.01. The fraction of sp³-hybridized carbons (Fsp3) is 0.562. The summed E-state index contributed by atoms with van der Waals surface area (Å²) in [5, 5.41) is 65.2. The van der Waals surface area contributed by atoms with Gasteiger partial charge in [0.2, 0.25) is 65.0 Å². The highest BCUT2D eigenvalue weighted by Gasteiger charge is 2.46. The SMILES string of the molecule is CC[C@H](C)[C@H](NC(=O)[C@@H]1CCCN1C(=O)[C@H](CCC(=O)O)NC(=O)[C@H](Cc1ccccc1)N1C(=O)CCC1=O)C(=O)N1CCC[C@H]1C(=O)N[C@@H](CCC(=O)O)C(=O)N[C@@H](CCC(=O)O)C(=O)N[C@@H](Cc1ccc(OS(=O)(=O)O)cc1)C(=O)N[C@@H](CC(C)C)C(=O)N[C@H](CCC(=O)O)C(=O)O. The van der Waals surface area contributed by atoms with Crippen LogP contribution in [-0.2, 0) is 100.0 Å². The Kier molecular flexibility index (Phi) is 30.4. The second-order valence-corrected chi connectivity index (χ2v) is 26.1. The third-order valence-electron chi connectivity index (χ3n) is 17.1. The summed E-state index contributed by atoms with van der Waals surface area (Å²) in [6.07, 6.45) is -5.83. The summed E-state index contributed by atoms with van der Waals surface area (Å²) < 4.78 is 36.4. The number of imide groups is 1. The molecule has 0 unspecified atom stereocenters. The Hall–Kier alpha value is -10.1. The van der Waals surface area contributed by atoms with E-state index in [1.807, 2.05) is 0 Å². The highest BCUT2D eigenvalue weighted by molar-refractivity contribution is 7.81. The molecule has 0 aromatic heterocycles. The van der Waals surface area contributed by atoms with Crippen molar-refractivity contribution in [2.45, 2.75) is 204 Å². The largest absolute Gasteiger partial charge is 0.481 e. The van der Waals surface area contributed by atoms with Gasteiger partial charge in [0.1, 0.15) is 66.2 Å². The first-order valence-electron chi connectivity index (χ1n) is 32.6. The molecule has 2 aromatic rings. The van der Waals surface area contributed by atoms with Crippen LogP contribution in [0.25, 0.3) is 0 Å². The maximum Gasteiger partial charge on any atom is 0.446 e. The van der Waals surface area contributed by atoms with Crippen LogP contribution < -0.4 is 41.4 Å². The molecule has 3 aliphatic rings. The zero-order valence-electron chi connectivity index (χ0n) is 55.5. The van der Waals surface area contributed by atoms with Crippen molar-refractivity contribution in [1.29, 1.82) is 0 Å². The molecule has 0 radical (unpaired) electrons. The van der Waals surface area contributed by atoms with Crippen LogP contribution in [-0.4, -0.2) is 222 Å². The molecule has 2 aromatic carbocycles. The number of benzene rings is 2. The Labute approximate surface area is 574 Å². The van der Waals surface area contributed by atoms with Gasteiger partial charge >= 0.3 is 40.2 Å². The normalized spacial score (nSPS) is 18.0. The molecule has 100 heavy (non-hydrogen) atoms. The molecule has 36 heteroatoms. The van der Waals surface area contributed by atoms with E-state index in [1.54, 1.807) is 58.0 Å². The number of carbonyl (C=O) groups excluding carboxylic acids is 11. The molecule has 0 spiro atoms. The molecule has 11 atom stereocenters. The monoisotopic (exact) mass is 1430 g/mol. The van der Waals surface area contributed by atoms with E-state index < -0.39 is 241 Å². The minimum atomic E-state index is -5.01. The van der Waals surface area contributed by atoms with Gasteiger partial charge in [-0.1, -0.05) is 76.6 Å². The third kappa shape index (κ3) is 24.7. The Morgan fingerprint density at radius 2 is 0.930 bits per heavy atom. The number of carboxylic acids is 5. The first-order chi connectivity index (χ1) is 47.1. The summed E-state index contributed by atoms with van der Waals surface area (Å²) in [4.78, 5) is 218. The van der Waals surface area contributed by atoms with E-state index >= 15 is 0 Å². The van der Waals surface area contributed by atoms with Crippen molar-refractivity contribution < 1.29 is 119 Å². The van der Waals surface area contributed by atoms with Gasteiger partial charge in [-0.25, -0.2) is 4.79 Å². The predicted molar refractivity (Wildman–Crippen MR) is 344 cm³/mol. The molecular weight excluding hydrogens is 1340 g/mol. The second kappa shape index (κ2) is 37.7. The summed E-state index contributed by atoms with van der Waals surface area (Å²) in [6.45, 7) is 6.45. The third-order valence-corrected chi connectivity index (χ3v) is 17.5. The molecule has 3 aliphatic heterocycles. The lowest BCUT2D eigenvalue weighted by Gasteiger charge is -2.34. The van der Waals surface area contributed by atoms with Crippen LogP contribution >= 0.6 is 0 Å². The van der Waals surface area contributed by atoms with Gasteiger partial charge in [0.05, 0.1) is 0 Å². The highest BCUT2D eigenvalue weighted by atomic mass is 32.3. The molecule has 3 fully saturated rings. The van der Waals surface area contributed by atoms with Crippen molar-refractivity contribution in [1.82, 2.24) is 51.9 Å². The van der Waals surface area contributed by atoms with Crippen LogP contribution in [0, 0.1) is 11.8 Å². The van der Waals surface area contributed by atoms with Crippen molar-refractivity contribution in [3.63, 3.8) is 0 Å². The average Bonchev–Trinajstić information content (AvgIpc) is 1.55. The van der Waals surface area contributed by atoms with E-state index in [0.29, 0.717) is 5.56 Å². The first-order valence-corrected chi connectivity index (χ1v) is 33.9. The standard InChI is InChI=1S/C64H86N10O25S/c1-5-35(4)54(71-60(90)46-14-9-29-72(46)62(92)41(21-27-52(81)82)67-61(91)47(33-36-11-7-6-8-12-36)74-48(75)23-24-49(74)76)63(93)73-30-10-13-45(73)59(89)66-40(20-26-51(79)80)55(85)65-39(19-25-50(77)78)56(86)70-44(32-37-15-17-38(18-16-37)99-100(96,97)98)58(88)69-43(31-34(2)3)57(87)68-42(64(94)95)22-28-53(83)84/h6-8,11-12,15-18,34-35,39-47,54H,5,9-10,13-14,19-33H2,1-4H3,(H,65,85)(H,66,89)(H,67,91)(H,68,87)(H,69,88)(H,70,86)(H,71,90)(H,77,78)(H,79,80)(H,81,82)(H,83,84)(H,94,95)(H,96,97,98)/t35-,39-,40-,41-,42+,43-,44-,45-,46-,47-,54-/m0/s1. The van der Waals surface area contributed by atoms with Gasteiger partial charge in [0, 0.05) is 64.5 Å². The number of amides is 11. The topological polar surface area (TPSA) is 532 Å². The van der Waals surface area contributed by atoms with E-state index in [1.165, 1.54) is 12.1 Å². The lowest BCUT2D eigenvalue weighted by atomic mass is 9.96. The Morgan fingerprint density at radius 1 is 0.510 bits per heavy atom. The number of hydrogen-bond acceptors (Lipinski definition) is 19. The van der Waals surface area contributed by atoms with Gasteiger partial charge in [0.15, 0.2) is 0 Å². The number of rotatable bonds is 40. The fourth-order valence-electron chi connectivity index (χ4n) is 11.7. The van der Waals surface area contributed by atoms with Gasteiger partial charge in [-0.05, 0) is 92.9 Å². The smallest absolute Gasteiger partial charge is 0.446 e. The Morgan fingerprint density at radius 3 is 1.42 bits per heavy atom. The second-order valence-electron chi connectivity index (χ2n) is 25.0. The number of aliphatic carboxylic acids is 5. The van der Waals surface area contributed by atoms with Crippen molar-refractivity contribution in [3.05, 3.63) is 65.7 Å². The molecule has 35 nitrogen and oxygen atoms in total. The van der Waals surface area contributed by atoms with E-state index in [4.69, 9.17) is 5.11 Å². The predicted octanol–water partition coefficient (Wildman–Crippen LogP) is -0.817. The molecule has 3 saturated heterocycles. The number of carbonyl (C=O) groups is 16. The maximum atomic E-state index is 14.8. The van der Waals surface area contributed by atoms with Gasteiger partial charge in [0.25, 0.3) is 0 Å². The molecule has 548 valence electrons. The van der Waals surface area contributed by atoms with Gasteiger partial charge in [-0.3, -0.25) is 81.4 Å². The molecular formula is C64H86N10O25S. The summed E-state index contributed by atoms with van der Waals surface area (Å²) in [5.41, 5.74) is 0.696. The molecule has 13 N–H and O–H groups in total. The number of likely N-dealkylation sites (tertiary alicyclic amines) is 3. The number of carboxylic acid groups (broad SMARTS) is 5. The summed E-state index contributed by atoms with van der Waals surface area (Å²) >= 11 is 0. The minimum absolute atomic E-state index is 0.0411. The minimum Gasteiger partial charge on any atom is -0.481 e. The Bertz CT molecular complexity index is 3470. The summed E-state index contributed by atoms with van der Waals surface area (Å²) in [5.74, 6) is -19.2. The zero-order chi connectivity index (χ0) is 74.3. The van der Waals surface area contributed by atoms with Gasteiger partial charge in [-0.15, -0.1) is 0 Å². The van der Waals surface area contributed by atoms with Gasteiger partial charge in [-0.2, -0.15) is 8.42 Å². The first kappa shape index (κ1) is 80.6. The zero-order valence-corrected chi connectivity index (χ0v) is 56.3. The number of nitrogens with zero attached hydrogens (tertiary/aromatic N) is 3. The van der Waals surface area contributed by atoms with Crippen LogP contribution in [0.2, 0.25) is 0 Å². The van der Waals surface area contributed by atoms with E-state index in [2.05, 4.69) is 41.4 Å². The van der Waals surface area contributed by atoms with Gasteiger partial charge < -0.3 is 76.7 Å². The van der Waals surface area contributed by atoms with Crippen LogP contribution in [0.15, 0.2) is 54.6 Å². The quantitative estimate of drug-likeness (QED) is 0.0286. The lowest BCUT2D eigenvalue weighted by Crippen LogP contribution is -2.61. The fourth-order valence-corrected chi connectivity index (χ4v) is 12.1. The average molecular weight is 1430 g/mol. The van der Waals surface area contributed by atoms with Crippen molar-refractivity contribution in [2.24, 2.45) is 11.8 Å². The molecule has 0 saturated carbocycles. The van der Waals surface area contributed by atoms with Crippen molar-refractivity contribution >= 4 is 105 Å². The van der Waals surface area contributed by atoms with E-state index in [-0.39, 0.29) is 76.4 Å². The Balaban J connectivity index is 1.38. The molecule has 0 bridgehead atoms. The number of hydrogen-bond donors (Lipinski definition) is 13. The van der Waals surface area contributed by atoms with Crippen molar-refractivity contribution in [2.75, 3.05) is 13.1 Å². The van der Waals surface area contributed by atoms with Crippen LogP contribution in [0.5, 0.6) is 5.75 Å². The maximum absolute atomic E-state index is 14.8. The van der Waals surface area contributed by atoms with Crippen LogP contribution in [0.1, 0.15) is 142 Å². The molecule has 3 heterocycles. The summed E-state index contributed by atoms with van der Waals surface area (Å²) in [6, 6.07) is -3.05. The van der Waals surface area contributed by atoms with E-state index in [0.717, 1.165) is 26.8 Å². The van der Waals surface area contributed by atoms with Crippen molar-refractivity contribution in [3.8, 4) is 5.75 Å². The lowest BCUT2D eigenvalue weighted by molar-refractivity contribution is -0.148.